The number of hydrogen-bond acceptors (Lipinski definition) is 3. The van der Waals surface area contributed by atoms with E-state index in [1.54, 1.807) is 14.2 Å². The number of hydrogen-bond donors (Lipinski definition) is 2. The molecule has 0 amide bonds. The third-order valence-electron chi connectivity index (χ3n) is 4.73. The zero-order chi connectivity index (χ0) is 17.6. The first-order valence-corrected chi connectivity index (χ1v) is 9.24. The molecule has 25 heavy (non-hydrogen) atoms. The maximum atomic E-state index is 6.38. The first-order valence-electron chi connectivity index (χ1n) is 8.07. The average Bonchev–Trinajstić information content (AvgIpc) is 2.99. The van der Waals surface area contributed by atoms with Gasteiger partial charge in [-0.3, -0.25) is 0 Å². The van der Waals surface area contributed by atoms with E-state index in [-0.39, 0.29) is 6.04 Å². The maximum Gasteiger partial charge on any atom is 0.141 e. The van der Waals surface area contributed by atoms with Crippen molar-refractivity contribution in [2.45, 2.75) is 12.5 Å². The van der Waals surface area contributed by atoms with Crippen molar-refractivity contribution in [1.29, 1.82) is 0 Å². The van der Waals surface area contributed by atoms with Crippen LogP contribution in [0.4, 0.5) is 0 Å². The first-order chi connectivity index (χ1) is 12.1. The van der Waals surface area contributed by atoms with E-state index in [0.29, 0.717) is 10.8 Å². The Labute approximate surface area is 159 Å². The van der Waals surface area contributed by atoms with Gasteiger partial charge < -0.3 is 19.8 Å². The van der Waals surface area contributed by atoms with E-state index in [0.717, 1.165) is 34.3 Å². The lowest BCUT2D eigenvalue weighted by molar-refractivity contribution is 0.386. The molecular weight excluding hydrogens is 404 g/mol. The standard InChI is InChI=1S/C19H18BrClN2O2/c1-24-16-9-17(25-2)14(21)8-13(16)18-19-11(5-6-22-18)12-7-10(20)3-4-15(12)23-19/h3-4,7-9,18,22-23H,5-6H2,1-2H3. The van der Waals surface area contributed by atoms with E-state index in [9.17, 15) is 0 Å². The molecule has 1 unspecified atom stereocenters. The molecule has 1 aliphatic heterocycles. The van der Waals surface area contributed by atoms with Gasteiger partial charge in [0, 0.05) is 39.2 Å². The Hall–Kier alpha value is -1.69. The molecule has 0 aliphatic carbocycles. The van der Waals surface area contributed by atoms with Gasteiger partial charge >= 0.3 is 0 Å². The molecule has 1 aromatic heterocycles. The van der Waals surface area contributed by atoms with Crippen molar-refractivity contribution in [2.75, 3.05) is 20.8 Å². The topological polar surface area (TPSA) is 46.3 Å². The van der Waals surface area contributed by atoms with E-state index >= 15 is 0 Å². The summed E-state index contributed by atoms with van der Waals surface area (Å²) in [7, 11) is 3.27. The quantitative estimate of drug-likeness (QED) is 0.636. The summed E-state index contributed by atoms with van der Waals surface area (Å²) in [5.74, 6) is 1.37. The van der Waals surface area contributed by atoms with Gasteiger partial charge in [-0.1, -0.05) is 27.5 Å². The van der Waals surface area contributed by atoms with Gasteiger partial charge in [0.15, 0.2) is 0 Å². The van der Waals surface area contributed by atoms with E-state index in [4.69, 9.17) is 21.1 Å². The van der Waals surface area contributed by atoms with Gasteiger partial charge in [-0.05, 0) is 36.2 Å². The lowest BCUT2D eigenvalue weighted by Crippen LogP contribution is -2.30. The lowest BCUT2D eigenvalue weighted by atomic mass is 9.93. The summed E-state index contributed by atoms with van der Waals surface area (Å²) in [5, 5.41) is 5.42. The van der Waals surface area contributed by atoms with Crippen LogP contribution in [0.3, 0.4) is 0 Å². The summed E-state index contributed by atoms with van der Waals surface area (Å²) >= 11 is 9.95. The van der Waals surface area contributed by atoms with E-state index < -0.39 is 0 Å². The highest BCUT2D eigenvalue weighted by molar-refractivity contribution is 9.10. The van der Waals surface area contributed by atoms with Crippen molar-refractivity contribution in [3.63, 3.8) is 0 Å². The number of halogens is 2. The van der Waals surface area contributed by atoms with Crippen LogP contribution in [-0.4, -0.2) is 25.7 Å². The van der Waals surface area contributed by atoms with E-state index in [2.05, 4.69) is 44.4 Å². The molecule has 4 rings (SSSR count). The van der Waals surface area contributed by atoms with Gasteiger partial charge in [-0.15, -0.1) is 0 Å². The number of ether oxygens (including phenoxy) is 2. The van der Waals surface area contributed by atoms with E-state index in [1.165, 1.54) is 16.6 Å². The molecule has 1 atom stereocenters. The molecule has 2 N–H and O–H groups in total. The summed E-state index contributed by atoms with van der Waals surface area (Å²) in [6.45, 7) is 0.893. The molecule has 2 heterocycles. The number of H-pyrrole nitrogens is 1. The van der Waals surface area contributed by atoms with Crippen molar-refractivity contribution >= 4 is 38.4 Å². The fourth-order valence-corrected chi connectivity index (χ4v) is 4.18. The van der Waals surface area contributed by atoms with Crippen LogP contribution in [-0.2, 0) is 6.42 Å². The SMILES string of the molecule is COc1cc(OC)c(C2NCCc3c2[nH]c2ccc(Br)cc32)cc1Cl. The van der Waals surface area contributed by atoms with Gasteiger partial charge in [0.1, 0.15) is 11.5 Å². The second kappa shape index (κ2) is 6.56. The van der Waals surface area contributed by atoms with Crippen LogP contribution in [0.15, 0.2) is 34.8 Å². The number of methoxy groups -OCH3 is 2. The van der Waals surface area contributed by atoms with Crippen molar-refractivity contribution in [3.8, 4) is 11.5 Å². The van der Waals surface area contributed by atoms with Gasteiger partial charge in [-0.25, -0.2) is 0 Å². The summed E-state index contributed by atoms with van der Waals surface area (Å²) in [6, 6.07) is 10.1. The minimum absolute atomic E-state index is 0.00622. The fraction of sp³-hybridized carbons (Fsp3) is 0.263. The molecule has 6 heteroatoms. The first kappa shape index (κ1) is 16.8. The van der Waals surface area contributed by atoms with E-state index in [1.807, 2.05) is 12.1 Å². The number of aromatic amines is 1. The number of aromatic nitrogens is 1. The molecule has 2 aromatic carbocycles. The molecule has 4 nitrogen and oxygen atoms in total. The van der Waals surface area contributed by atoms with Crippen LogP contribution in [0.2, 0.25) is 5.02 Å². The summed E-state index contributed by atoms with van der Waals surface area (Å²) in [6.07, 6.45) is 0.981. The highest BCUT2D eigenvalue weighted by atomic mass is 79.9. The predicted molar refractivity (Wildman–Crippen MR) is 104 cm³/mol. The summed E-state index contributed by atoms with van der Waals surface area (Å²) in [5.41, 5.74) is 4.65. The second-order valence-electron chi connectivity index (χ2n) is 6.07. The number of rotatable bonds is 3. The zero-order valence-corrected chi connectivity index (χ0v) is 16.3. The molecule has 0 spiro atoms. The Morgan fingerprint density at radius 1 is 1.12 bits per heavy atom. The Morgan fingerprint density at radius 2 is 1.92 bits per heavy atom. The van der Waals surface area contributed by atoms with Crippen LogP contribution < -0.4 is 14.8 Å². The lowest BCUT2D eigenvalue weighted by Gasteiger charge is -2.26. The monoisotopic (exact) mass is 420 g/mol. The number of benzene rings is 2. The molecule has 0 fully saturated rings. The average molecular weight is 422 g/mol. The van der Waals surface area contributed by atoms with Gasteiger partial charge in [0.05, 0.1) is 25.3 Å². The van der Waals surface area contributed by atoms with Crippen molar-refractivity contribution in [3.05, 3.63) is 56.6 Å². The van der Waals surface area contributed by atoms with Crippen LogP contribution in [0, 0.1) is 0 Å². The molecule has 0 saturated carbocycles. The predicted octanol–water partition coefficient (Wildman–Crippen LogP) is 4.84. The molecule has 0 saturated heterocycles. The molecule has 3 aromatic rings. The van der Waals surface area contributed by atoms with Crippen molar-refractivity contribution in [1.82, 2.24) is 10.3 Å². The molecule has 0 radical (unpaired) electrons. The van der Waals surface area contributed by atoms with Gasteiger partial charge in [-0.2, -0.15) is 0 Å². The highest BCUT2D eigenvalue weighted by Crippen LogP contribution is 2.41. The van der Waals surface area contributed by atoms with Crippen LogP contribution in [0.1, 0.15) is 22.9 Å². The number of nitrogens with one attached hydrogen (secondary N) is 2. The van der Waals surface area contributed by atoms with Crippen LogP contribution in [0.25, 0.3) is 10.9 Å². The summed E-state index contributed by atoms with van der Waals surface area (Å²) < 4.78 is 12.0. The smallest absolute Gasteiger partial charge is 0.141 e. The Bertz CT molecular complexity index is 954. The second-order valence-corrected chi connectivity index (χ2v) is 7.40. The normalized spacial score (nSPS) is 16.7. The molecule has 130 valence electrons. The summed E-state index contributed by atoms with van der Waals surface area (Å²) in [4.78, 5) is 3.58. The minimum Gasteiger partial charge on any atom is -0.496 e. The third kappa shape index (κ3) is 2.80. The van der Waals surface area contributed by atoms with Gasteiger partial charge in [0.25, 0.3) is 0 Å². The fourth-order valence-electron chi connectivity index (χ4n) is 3.57. The van der Waals surface area contributed by atoms with Crippen molar-refractivity contribution in [2.24, 2.45) is 0 Å². The Kier molecular flexibility index (Phi) is 4.40. The molecule has 1 aliphatic rings. The third-order valence-corrected chi connectivity index (χ3v) is 5.52. The Balaban J connectivity index is 1.89. The zero-order valence-electron chi connectivity index (χ0n) is 14.0. The van der Waals surface area contributed by atoms with Gasteiger partial charge in [0.2, 0.25) is 0 Å². The molecular formula is C19H18BrClN2O2. The minimum atomic E-state index is -0.00622. The largest absolute Gasteiger partial charge is 0.496 e. The van der Waals surface area contributed by atoms with Crippen molar-refractivity contribution < 1.29 is 9.47 Å². The molecule has 0 bridgehead atoms. The highest BCUT2D eigenvalue weighted by Gasteiger charge is 2.28. The van der Waals surface area contributed by atoms with Crippen LogP contribution >= 0.6 is 27.5 Å². The Morgan fingerprint density at radius 3 is 2.68 bits per heavy atom. The number of fused-ring (bicyclic) bond motifs is 3. The maximum absolute atomic E-state index is 6.38. The van der Waals surface area contributed by atoms with Crippen LogP contribution in [0.5, 0.6) is 11.5 Å².